The molecular weight excluding hydrogens is 357 g/mol. The van der Waals surface area contributed by atoms with Crippen LogP contribution < -0.4 is 10.1 Å². The van der Waals surface area contributed by atoms with Crippen LogP contribution in [0.2, 0.25) is 0 Å². The third-order valence-electron chi connectivity index (χ3n) is 2.17. The molecule has 0 unspecified atom stereocenters. The van der Waals surface area contributed by atoms with Crippen molar-refractivity contribution < 1.29 is 14.3 Å². The summed E-state index contributed by atoms with van der Waals surface area (Å²) in [5.74, 6) is 0.809. The molecule has 0 atom stereocenters. The number of hydrogen-bond donors (Lipinski definition) is 1. The number of alkyl carbamates (subject to hydrolysis) is 1. The van der Waals surface area contributed by atoms with Crippen molar-refractivity contribution in [2.75, 3.05) is 13.2 Å². The van der Waals surface area contributed by atoms with Gasteiger partial charge >= 0.3 is 6.09 Å². The van der Waals surface area contributed by atoms with Gasteiger partial charge in [0.2, 0.25) is 0 Å². The molecule has 0 saturated heterocycles. The average Bonchev–Trinajstić information content (AvgIpc) is 2.27. The summed E-state index contributed by atoms with van der Waals surface area (Å²) in [5, 5.41) is 2.65. The summed E-state index contributed by atoms with van der Waals surface area (Å²) in [6.07, 6.45) is -0.421. The van der Waals surface area contributed by atoms with Gasteiger partial charge in [0.1, 0.15) is 18.0 Å². The van der Waals surface area contributed by atoms with Crippen LogP contribution in [0.25, 0.3) is 0 Å². The highest BCUT2D eigenvalue weighted by atomic mass is 127. The van der Waals surface area contributed by atoms with Crippen LogP contribution in [0.4, 0.5) is 4.79 Å². The van der Waals surface area contributed by atoms with Crippen LogP contribution in [0.15, 0.2) is 18.2 Å². The maximum Gasteiger partial charge on any atom is 0.407 e. The Morgan fingerprint density at radius 3 is 2.63 bits per heavy atom. The molecule has 0 aromatic heterocycles. The largest absolute Gasteiger partial charge is 0.492 e. The highest BCUT2D eigenvalue weighted by Gasteiger charge is 2.15. The Hall–Kier alpha value is -0.980. The number of hydrogen-bond acceptors (Lipinski definition) is 3. The van der Waals surface area contributed by atoms with Gasteiger partial charge in [-0.05, 0) is 74.0 Å². The van der Waals surface area contributed by atoms with E-state index in [1.165, 1.54) is 9.13 Å². The van der Waals surface area contributed by atoms with Gasteiger partial charge in [0.15, 0.2) is 0 Å². The smallest absolute Gasteiger partial charge is 0.407 e. The van der Waals surface area contributed by atoms with E-state index in [9.17, 15) is 4.79 Å². The van der Waals surface area contributed by atoms with E-state index in [1.54, 1.807) is 0 Å². The van der Waals surface area contributed by atoms with Crippen LogP contribution in [-0.4, -0.2) is 24.8 Å². The lowest BCUT2D eigenvalue weighted by Crippen LogP contribution is -2.34. The molecule has 0 radical (unpaired) electrons. The van der Waals surface area contributed by atoms with Gasteiger partial charge in [-0.3, -0.25) is 0 Å². The van der Waals surface area contributed by atoms with Crippen molar-refractivity contribution in [2.24, 2.45) is 0 Å². The van der Waals surface area contributed by atoms with Crippen molar-refractivity contribution in [1.29, 1.82) is 0 Å². The van der Waals surface area contributed by atoms with Crippen LogP contribution >= 0.6 is 22.6 Å². The normalized spacial score (nSPS) is 11.0. The predicted octanol–water partition coefficient (Wildman–Crippen LogP) is 3.50. The Balaban J connectivity index is 2.27. The second-order valence-electron chi connectivity index (χ2n) is 5.19. The first-order valence-corrected chi connectivity index (χ1v) is 7.21. The Labute approximate surface area is 128 Å². The second-order valence-corrected chi connectivity index (χ2v) is 6.35. The maximum atomic E-state index is 11.4. The number of halogens is 1. The lowest BCUT2D eigenvalue weighted by Gasteiger charge is -2.19. The first-order valence-electron chi connectivity index (χ1n) is 6.14. The summed E-state index contributed by atoms with van der Waals surface area (Å²) in [5.41, 5.74) is 0.705. The van der Waals surface area contributed by atoms with Crippen LogP contribution in [0.1, 0.15) is 26.3 Å². The van der Waals surface area contributed by atoms with Crippen molar-refractivity contribution in [3.05, 3.63) is 27.3 Å². The molecule has 106 valence electrons. The predicted molar refractivity (Wildman–Crippen MR) is 83.6 cm³/mol. The molecular formula is C14H20INO3. The van der Waals surface area contributed by atoms with E-state index in [4.69, 9.17) is 9.47 Å². The van der Waals surface area contributed by atoms with Gasteiger partial charge in [-0.2, -0.15) is 0 Å². The fourth-order valence-corrected chi connectivity index (χ4v) is 1.68. The fraction of sp³-hybridized carbons (Fsp3) is 0.500. The Morgan fingerprint density at radius 2 is 2.05 bits per heavy atom. The lowest BCUT2D eigenvalue weighted by atomic mass is 10.2. The zero-order valence-electron chi connectivity index (χ0n) is 11.7. The molecule has 1 aromatic rings. The van der Waals surface area contributed by atoms with E-state index < -0.39 is 11.7 Å². The van der Waals surface area contributed by atoms with E-state index in [0.29, 0.717) is 13.2 Å². The molecule has 4 nitrogen and oxygen atoms in total. The third-order valence-corrected chi connectivity index (χ3v) is 3.38. The summed E-state index contributed by atoms with van der Waals surface area (Å²) >= 11 is 2.28. The molecule has 19 heavy (non-hydrogen) atoms. The lowest BCUT2D eigenvalue weighted by molar-refractivity contribution is 0.0520. The molecule has 1 rings (SSSR count). The van der Waals surface area contributed by atoms with Gasteiger partial charge in [-0.1, -0.05) is 0 Å². The van der Waals surface area contributed by atoms with Crippen molar-refractivity contribution in [3.63, 3.8) is 0 Å². The third kappa shape index (κ3) is 6.66. The number of nitrogens with one attached hydrogen (secondary N) is 1. The molecule has 5 heteroatoms. The standard InChI is InChI=1S/C14H20INO3/c1-10-9-11(5-6-12(10)15)18-8-7-16-13(17)19-14(2,3)4/h5-6,9H,7-8H2,1-4H3,(H,16,17). The first-order chi connectivity index (χ1) is 8.78. The minimum atomic E-state index is -0.474. The van der Waals surface area contributed by atoms with E-state index in [0.717, 1.165) is 5.75 Å². The molecule has 0 aliphatic rings. The highest BCUT2D eigenvalue weighted by Crippen LogP contribution is 2.18. The molecule has 0 fully saturated rings. The van der Waals surface area contributed by atoms with Crippen LogP contribution in [0.3, 0.4) is 0 Å². The van der Waals surface area contributed by atoms with Crippen molar-refractivity contribution in [3.8, 4) is 5.75 Å². The van der Waals surface area contributed by atoms with E-state index in [2.05, 4.69) is 27.9 Å². The van der Waals surface area contributed by atoms with Crippen molar-refractivity contribution >= 4 is 28.7 Å². The first kappa shape index (κ1) is 16.1. The summed E-state index contributed by atoms with van der Waals surface area (Å²) in [7, 11) is 0. The van der Waals surface area contributed by atoms with Gasteiger partial charge in [-0.15, -0.1) is 0 Å². The monoisotopic (exact) mass is 377 g/mol. The Bertz CT molecular complexity index is 441. The molecule has 1 amide bonds. The molecule has 0 bridgehead atoms. The number of aryl methyl sites for hydroxylation is 1. The minimum Gasteiger partial charge on any atom is -0.492 e. The summed E-state index contributed by atoms with van der Waals surface area (Å²) in [6, 6.07) is 5.91. The van der Waals surface area contributed by atoms with Gasteiger partial charge in [0.25, 0.3) is 0 Å². The van der Waals surface area contributed by atoms with E-state index in [-0.39, 0.29) is 0 Å². The Kier molecular flexibility index (Phi) is 5.90. The number of carbonyl (C=O) groups excluding carboxylic acids is 1. The molecule has 0 saturated carbocycles. The van der Waals surface area contributed by atoms with E-state index in [1.807, 2.05) is 45.9 Å². The van der Waals surface area contributed by atoms with Gasteiger partial charge in [0.05, 0.1) is 6.54 Å². The maximum absolute atomic E-state index is 11.4. The van der Waals surface area contributed by atoms with Crippen LogP contribution in [-0.2, 0) is 4.74 Å². The molecule has 1 aromatic carbocycles. The summed E-state index contributed by atoms with van der Waals surface area (Å²) in [4.78, 5) is 11.4. The second kappa shape index (κ2) is 6.98. The van der Waals surface area contributed by atoms with Crippen molar-refractivity contribution in [2.45, 2.75) is 33.3 Å². The average molecular weight is 377 g/mol. The van der Waals surface area contributed by atoms with Gasteiger partial charge < -0.3 is 14.8 Å². The molecule has 0 heterocycles. The molecule has 0 aliphatic heterocycles. The molecule has 1 N–H and O–H groups in total. The number of amides is 1. The number of benzene rings is 1. The summed E-state index contributed by atoms with van der Waals surface area (Å²) < 4.78 is 11.9. The zero-order chi connectivity index (χ0) is 14.5. The van der Waals surface area contributed by atoms with E-state index >= 15 is 0 Å². The summed E-state index contributed by atoms with van der Waals surface area (Å²) in [6.45, 7) is 8.36. The van der Waals surface area contributed by atoms with Crippen molar-refractivity contribution in [1.82, 2.24) is 5.32 Å². The SMILES string of the molecule is Cc1cc(OCCNC(=O)OC(C)(C)C)ccc1I. The van der Waals surface area contributed by atoms with Crippen LogP contribution in [0, 0.1) is 10.5 Å². The highest BCUT2D eigenvalue weighted by molar-refractivity contribution is 14.1. The van der Waals surface area contributed by atoms with Gasteiger partial charge in [-0.25, -0.2) is 4.79 Å². The molecule has 0 aliphatic carbocycles. The topological polar surface area (TPSA) is 47.6 Å². The fourth-order valence-electron chi connectivity index (χ4n) is 1.34. The number of rotatable bonds is 4. The zero-order valence-corrected chi connectivity index (χ0v) is 13.9. The number of ether oxygens (including phenoxy) is 2. The quantitative estimate of drug-likeness (QED) is 0.646. The number of carbonyl (C=O) groups is 1. The Morgan fingerprint density at radius 1 is 1.37 bits per heavy atom. The van der Waals surface area contributed by atoms with Crippen LogP contribution in [0.5, 0.6) is 5.75 Å². The van der Waals surface area contributed by atoms with Gasteiger partial charge in [0, 0.05) is 3.57 Å². The minimum absolute atomic E-state index is 0.416. The molecule has 0 spiro atoms.